The van der Waals surface area contributed by atoms with Crippen molar-refractivity contribution >= 4 is 16.6 Å². The van der Waals surface area contributed by atoms with Crippen molar-refractivity contribution in [1.82, 2.24) is 4.98 Å². The molecule has 0 atom stereocenters. The smallest absolute Gasteiger partial charge is 0.188 e. The van der Waals surface area contributed by atoms with Crippen LogP contribution in [-0.2, 0) is 0 Å². The van der Waals surface area contributed by atoms with E-state index in [-0.39, 0.29) is 5.75 Å². The van der Waals surface area contributed by atoms with Gasteiger partial charge in [0.25, 0.3) is 0 Å². The van der Waals surface area contributed by atoms with Crippen LogP contribution in [0.4, 0.5) is 5.69 Å². The number of hydrogen-bond acceptors (Lipinski definition) is 2. The van der Waals surface area contributed by atoms with Crippen LogP contribution in [0.25, 0.3) is 26.9 Å². The number of phenolic OH excluding ortho intramolecular Hbond substituents is 1. The lowest BCUT2D eigenvalue weighted by atomic mass is 9.99. The first kappa shape index (κ1) is 12.2. The van der Waals surface area contributed by atoms with E-state index in [1.807, 2.05) is 43.3 Å². The SMILES string of the molecule is [C-]#[N+]c1cc(-c2ccc(C)c(O)c2)c2ncccc2c1. The number of pyridine rings is 1. The maximum Gasteiger partial charge on any atom is 0.188 e. The van der Waals surface area contributed by atoms with Gasteiger partial charge >= 0.3 is 0 Å². The number of phenols is 1. The highest BCUT2D eigenvalue weighted by Gasteiger charge is 2.09. The lowest BCUT2D eigenvalue weighted by molar-refractivity contribution is 0.471. The summed E-state index contributed by atoms with van der Waals surface area (Å²) in [5, 5.41) is 10.8. The molecule has 0 saturated carbocycles. The molecule has 96 valence electrons. The Kier molecular flexibility index (Phi) is 2.85. The molecule has 3 rings (SSSR count). The van der Waals surface area contributed by atoms with Gasteiger partial charge in [-0.2, -0.15) is 0 Å². The van der Waals surface area contributed by atoms with Crippen molar-refractivity contribution in [2.45, 2.75) is 6.92 Å². The molecule has 0 aliphatic carbocycles. The molecule has 0 aliphatic rings. The van der Waals surface area contributed by atoms with Crippen molar-refractivity contribution in [3.63, 3.8) is 0 Å². The van der Waals surface area contributed by atoms with E-state index in [2.05, 4.69) is 9.83 Å². The lowest BCUT2D eigenvalue weighted by Gasteiger charge is -2.08. The summed E-state index contributed by atoms with van der Waals surface area (Å²) in [6, 6.07) is 12.9. The number of benzene rings is 2. The molecule has 1 aromatic heterocycles. The summed E-state index contributed by atoms with van der Waals surface area (Å²) in [7, 11) is 0. The summed E-state index contributed by atoms with van der Waals surface area (Å²) in [4.78, 5) is 7.91. The zero-order valence-corrected chi connectivity index (χ0v) is 11.0. The molecule has 1 heterocycles. The van der Waals surface area contributed by atoms with Gasteiger partial charge in [0.15, 0.2) is 5.69 Å². The fourth-order valence-corrected chi connectivity index (χ4v) is 2.24. The maximum atomic E-state index is 9.88. The van der Waals surface area contributed by atoms with Crippen LogP contribution in [0.3, 0.4) is 0 Å². The highest BCUT2D eigenvalue weighted by atomic mass is 16.3. The highest BCUT2D eigenvalue weighted by Crippen LogP contribution is 2.34. The van der Waals surface area contributed by atoms with Crippen molar-refractivity contribution in [3.8, 4) is 16.9 Å². The van der Waals surface area contributed by atoms with Gasteiger partial charge in [-0.25, -0.2) is 4.85 Å². The van der Waals surface area contributed by atoms with Crippen LogP contribution in [0.1, 0.15) is 5.56 Å². The number of nitrogens with zero attached hydrogens (tertiary/aromatic N) is 2. The predicted molar refractivity (Wildman–Crippen MR) is 79.8 cm³/mol. The molecule has 0 radical (unpaired) electrons. The number of aryl methyl sites for hydroxylation is 1. The van der Waals surface area contributed by atoms with Gasteiger partial charge in [-0.3, -0.25) is 4.98 Å². The van der Waals surface area contributed by atoms with E-state index in [9.17, 15) is 5.11 Å². The van der Waals surface area contributed by atoms with Gasteiger partial charge < -0.3 is 5.11 Å². The molecule has 0 aliphatic heterocycles. The number of rotatable bonds is 1. The summed E-state index contributed by atoms with van der Waals surface area (Å²) in [5.41, 5.74) is 3.96. The summed E-state index contributed by atoms with van der Waals surface area (Å²) in [6.45, 7) is 9.06. The number of aromatic nitrogens is 1. The molecular weight excluding hydrogens is 248 g/mol. The Morgan fingerprint density at radius 2 is 2.00 bits per heavy atom. The standard InChI is InChI=1S/C17H12N2O/c1-11-5-6-12(9-16(11)20)15-10-14(18-2)8-13-4-3-7-19-17(13)15/h3-10,20H,1H3. The first-order chi connectivity index (χ1) is 9.69. The van der Waals surface area contributed by atoms with Crippen LogP contribution < -0.4 is 0 Å². The molecule has 2 aromatic carbocycles. The molecule has 3 heteroatoms. The normalized spacial score (nSPS) is 10.4. The Hall–Kier alpha value is -2.86. The summed E-state index contributed by atoms with van der Waals surface area (Å²) < 4.78 is 0. The second-order valence-corrected chi connectivity index (χ2v) is 4.68. The fraction of sp³-hybridized carbons (Fsp3) is 0.0588. The third-order valence-corrected chi connectivity index (χ3v) is 3.34. The second kappa shape index (κ2) is 4.67. The first-order valence-corrected chi connectivity index (χ1v) is 6.25. The Morgan fingerprint density at radius 3 is 2.75 bits per heavy atom. The van der Waals surface area contributed by atoms with E-state index in [1.165, 1.54) is 0 Å². The van der Waals surface area contributed by atoms with E-state index in [0.717, 1.165) is 27.6 Å². The Bertz CT molecular complexity index is 847. The lowest BCUT2D eigenvalue weighted by Crippen LogP contribution is -1.85. The van der Waals surface area contributed by atoms with Gasteiger partial charge in [0.05, 0.1) is 12.1 Å². The Balaban J connectivity index is 2.34. The van der Waals surface area contributed by atoms with Crippen LogP contribution in [0.2, 0.25) is 0 Å². The first-order valence-electron chi connectivity index (χ1n) is 6.25. The molecule has 0 bridgehead atoms. The van der Waals surface area contributed by atoms with Gasteiger partial charge in [-0.1, -0.05) is 18.2 Å². The van der Waals surface area contributed by atoms with Crippen LogP contribution >= 0.6 is 0 Å². The molecule has 3 nitrogen and oxygen atoms in total. The zero-order chi connectivity index (χ0) is 14.1. The molecule has 0 amide bonds. The molecule has 20 heavy (non-hydrogen) atoms. The third-order valence-electron chi connectivity index (χ3n) is 3.34. The minimum absolute atomic E-state index is 0.250. The number of hydrogen-bond donors (Lipinski definition) is 1. The van der Waals surface area contributed by atoms with E-state index >= 15 is 0 Å². The topological polar surface area (TPSA) is 37.5 Å². The molecule has 0 unspecified atom stereocenters. The Morgan fingerprint density at radius 1 is 1.15 bits per heavy atom. The minimum atomic E-state index is 0.250. The van der Waals surface area contributed by atoms with Crippen LogP contribution in [0, 0.1) is 13.5 Å². The van der Waals surface area contributed by atoms with Crippen molar-refractivity contribution in [2.24, 2.45) is 0 Å². The average Bonchev–Trinajstić information content (AvgIpc) is 2.49. The number of aromatic hydroxyl groups is 1. The largest absolute Gasteiger partial charge is 0.508 e. The predicted octanol–water partition coefficient (Wildman–Crippen LogP) is 4.47. The Labute approximate surface area is 117 Å². The number of fused-ring (bicyclic) bond motifs is 1. The average molecular weight is 260 g/mol. The molecular formula is C17H12N2O. The van der Waals surface area contributed by atoms with Gasteiger partial charge in [0.1, 0.15) is 5.75 Å². The van der Waals surface area contributed by atoms with Gasteiger partial charge in [-0.05, 0) is 53.3 Å². The second-order valence-electron chi connectivity index (χ2n) is 4.68. The minimum Gasteiger partial charge on any atom is -0.508 e. The van der Waals surface area contributed by atoms with Gasteiger partial charge in [-0.15, -0.1) is 0 Å². The monoisotopic (exact) mass is 260 g/mol. The van der Waals surface area contributed by atoms with E-state index in [0.29, 0.717) is 5.69 Å². The van der Waals surface area contributed by atoms with Crippen LogP contribution in [0.5, 0.6) is 5.75 Å². The molecule has 3 aromatic rings. The van der Waals surface area contributed by atoms with Crippen molar-refractivity contribution < 1.29 is 5.11 Å². The van der Waals surface area contributed by atoms with Crippen LogP contribution in [-0.4, -0.2) is 10.1 Å². The van der Waals surface area contributed by atoms with Crippen molar-refractivity contribution in [1.29, 1.82) is 0 Å². The maximum absolute atomic E-state index is 9.88. The summed E-state index contributed by atoms with van der Waals surface area (Å²) in [5.74, 6) is 0.250. The molecule has 1 N–H and O–H groups in total. The van der Waals surface area contributed by atoms with E-state index in [4.69, 9.17) is 6.57 Å². The fourth-order valence-electron chi connectivity index (χ4n) is 2.24. The van der Waals surface area contributed by atoms with Crippen LogP contribution in [0.15, 0.2) is 48.7 Å². The van der Waals surface area contributed by atoms with E-state index in [1.54, 1.807) is 12.3 Å². The van der Waals surface area contributed by atoms with Crippen molar-refractivity contribution in [3.05, 3.63) is 65.6 Å². The van der Waals surface area contributed by atoms with Gasteiger partial charge in [0, 0.05) is 6.20 Å². The molecule has 0 saturated heterocycles. The molecule has 0 spiro atoms. The van der Waals surface area contributed by atoms with E-state index < -0.39 is 0 Å². The van der Waals surface area contributed by atoms with Crippen molar-refractivity contribution in [2.75, 3.05) is 0 Å². The van der Waals surface area contributed by atoms with Gasteiger partial charge in [0.2, 0.25) is 0 Å². The summed E-state index contributed by atoms with van der Waals surface area (Å²) in [6.07, 6.45) is 1.73. The third kappa shape index (κ3) is 1.98. The highest BCUT2D eigenvalue weighted by molar-refractivity contribution is 5.96. The molecule has 0 fully saturated rings. The quantitative estimate of drug-likeness (QED) is 0.655. The summed E-state index contributed by atoms with van der Waals surface area (Å²) >= 11 is 0. The zero-order valence-electron chi connectivity index (χ0n) is 11.0.